The standard InChI is InChI=1S/C29H28N2O4.H2/c1-18-5-11-23(16-24(18)19-6-8-20(9-7-19)27(32)30-22-3-2-4-22)31-28(33)29(13-14-29)21-10-12-25-26(15-21)35-17-34-25;/h5-12,15-16,22H,2-4,13-14,17H2,1H3,(H,30,32)(H,31,33);1H. The molecule has 0 radical (unpaired) electrons. The van der Waals surface area contributed by atoms with Crippen LogP contribution in [0, 0.1) is 6.92 Å². The van der Waals surface area contributed by atoms with Gasteiger partial charge in [0.1, 0.15) is 0 Å². The number of benzene rings is 3. The van der Waals surface area contributed by atoms with E-state index in [1.54, 1.807) is 0 Å². The summed E-state index contributed by atoms with van der Waals surface area (Å²) in [7, 11) is 0. The third-order valence-electron chi connectivity index (χ3n) is 7.50. The van der Waals surface area contributed by atoms with Crippen LogP contribution in [0.4, 0.5) is 5.69 Å². The number of nitrogens with one attached hydrogen (secondary N) is 2. The first-order valence-electron chi connectivity index (χ1n) is 12.3. The van der Waals surface area contributed by atoms with Crippen molar-refractivity contribution in [2.75, 3.05) is 12.1 Å². The third kappa shape index (κ3) is 4.03. The fourth-order valence-corrected chi connectivity index (χ4v) is 4.85. The highest BCUT2D eigenvalue weighted by Crippen LogP contribution is 2.51. The van der Waals surface area contributed by atoms with Gasteiger partial charge >= 0.3 is 0 Å². The van der Waals surface area contributed by atoms with Gasteiger partial charge in [-0.3, -0.25) is 9.59 Å². The molecule has 0 saturated heterocycles. The van der Waals surface area contributed by atoms with Gasteiger partial charge in [-0.05, 0) is 97.7 Å². The molecule has 35 heavy (non-hydrogen) atoms. The minimum Gasteiger partial charge on any atom is -0.454 e. The molecule has 0 aromatic heterocycles. The highest BCUT2D eigenvalue weighted by Gasteiger charge is 2.51. The maximum Gasteiger partial charge on any atom is 0.251 e. The molecule has 3 aromatic carbocycles. The average molecular weight is 471 g/mol. The average Bonchev–Trinajstić information content (AvgIpc) is 3.53. The first-order chi connectivity index (χ1) is 17.0. The van der Waals surface area contributed by atoms with E-state index in [4.69, 9.17) is 9.47 Å². The molecule has 0 atom stereocenters. The van der Waals surface area contributed by atoms with E-state index >= 15 is 0 Å². The molecule has 6 nitrogen and oxygen atoms in total. The summed E-state index contributed by atoms with van der Waals surface area (Å²) in [6, 6.07) is 19.7. The highest BCUT2D eigenvalue weighted by atomic mass is 16.7. The number of carbonyl (C=O) groups is 2. The maximum absolute atomic E-state index is 13.3. The van der Waals surface area contributed by atoms with Gasteiger partial charge in [0.25, 0.3) is 5.91 Å². The number of hydrogen-bond acceptors (Lipinski definition) is 4. The summed E-state index contributed by atoms with van der Waals surface area (Å²) in [5, 5.41) is 6.22. The molecule has 6 rings (SSSR count). The second kappa shape index (κ2) is 8.45. The van der Waals surface area contributed by atoms with Crippen LogP contribution in [0.25, 0.3) is 11.1 Å². The molecule has 1 heterocycles. The van der Waals surface area contributed by atoms with Gasteiger partial charge in [0.2, 0.25) is 12.7 Å². The summed E-state index contributed by atoms with van der Waals surface area (Å²) >= 11 is 0. The monoisotopic (exact) mass is 470 g/mol. The maximum atomic E-state index is 13.3. The molecule has 3 aliphatic rings. The second-order valence-electron chi connectivity index (χ2n) is 9.81. The van der Waals surface area contributed by atoms with Gasteiger partial charge in [0.05, 0.1) is 5.41 Å². The number of aryl methyl sites for hydroxylation is 1. The van der Waals surface area contributed by atoms with E-state index in [0.29, 0.717) is 17.4 Å². The number of anilines is 1. The van der Waals surface area contributed by atoms with Crippen LogP contribution in [-0.4, -0.2) is 24.6 Å². The summed E-state index contributed by atoms with van der Waals surface area (Å²) in [5.41, 5.74) is 5.00. The molecule has 0 bridgehead atoms. The Bertz CT molecular complexity index is 1310. The largest absolute Gasteiger partial charge is 0.454 e. The van der Waals surface area contributed by atoms with Crippen molar-refractivity contribution in [3.05, 3.63) is 77.4 Å². The zero-order valence-corrected chi connectivity index (χ0v) is 19.7. The summed E-state index contributed by atoms with van der Waals surface area (Å²) in [6.07, 6.45) is 4.94. The second-order valence-corrected chi connectivity index (χ2v) is 9.81. The fourth-order valence-electron chi connectivity index (χ4n) is 4.85. The Morgan fingerprint density at radius 1 is 0.943 bits per heavy atom. The van der Waals surface area contributed by atoms with Crippen LogP contribution in [-0.2, 0) is 10.2 Å². The van der Waals surface area contributed by atoms with E-state index in [1.807, 2.05) is 67.6 Å². The smallest absolute Gasteiger partial charge is 0.251 e. The van der Waals surface area contributed by atoms with Gasteiger partial charge in [0, 0.05) is 18.7 Å². The molecule has 1 aliphatic heterocycles. The molecule has 2 aliphatic carbocycles. The van der Waals surface area contributed by atoms with Gasteiger partial charge in [0.15, 0.2) is 11.5 Å². The first-order valence-corrected chi connectivity index (χ1v) is 12.3. The van der Waals surface area contributed by atoms with Crippen molar-refractivity contribution in [3.8, 4) is 22.6 Å². The molecule has 180 valence electrons. The van der Waals surface area contributed by atoms with E-state index in [9.17, 15) is 9.59 Å². The Kier molecular flexibility index (Phi) is 5.24. The predicted molar refractivity (Wildman–Crippen MR) is 136 cm³/mol. The molecule has 2 fully saturated rings. The van der Waals surface area contributed by atoms with Crippen molar-refractivity contribution in [2.45, 2.75) is 50.5 Å². The molecular weight excluding hydrogens is 440 g/mol. The van der Waals surface area contributed by atoms with Crippen molar-refractivity contribution in [3.63, 3.8) is 0 Å². The zero-order chi connectivity index (χ0) is 24.0. The van der Waals surface area contributed by atoms with Crippen LogP contribution in [0.1, 0.15) is 55.0 Å². The van der Waals surface area contributed by atoms with Gasteiger partial charge in [-0.2, -0.15) is 0 Å². The van der Waals surface area contributed by atoms with Gasteiger partial charge in [-0.1, -0.05) is 24.3 Å². The number of rotatable bonds is 6. The molecule has 0 unspecified atom stereocenters. The minimum absolute atomic E-state index is 0. The number of carbonyl (C=O) groups excluding carboxylic acids is 2. The van der Waals surface area contributed by atoms with Crippen LogP contribution >= 0.6 is 0 Å². The van der Waals surface area contributed by atoms with Crippen molar-refractivity contribution >= 4 is 17.5 Å². The minimum atomic E-state index is -0.526. The molecule has 2 saturated carbocycles. The number of fused-ring (bicyclic) bond motifs is 1. The Labute approximate surface area is 206 Å². The molecular formula is C29H30N2O4. The van der Waals surface area contributed by atoms with Gasteiger partial charge < -0.3 is 20.1 Å². The summed E-state index contributed by atoms with van der Waals surface area (Å²) in [4.78, 5) is 25.8. The topological polar surface area (TPSA) is 76.7 Å². The lowest BCUT2D eigenvalue weighted by Crippen LogP contribution is -2.39. The van der Waals surface area contributed by atoms with Crippen LogP contribution < -0.4 is 20.1 Å². The van der Waals surface area contributed by atoms with Crippen molar-refractivity contribution in [1.29, 1.82) is 0 Å². The Hall–Kier alpha value is -3.80. The Morgan fingerprint density at radius 2 is 1.71 bits per heavy atom. The Morgan fingerprint density at radius 3 is 2.43 bits per heavy atom. The fraction of sp³-hybridized carbons (Fsp3) is 0.310. The van der Waals surface area contributed by atoms with Crippen LogP contribution in [0.2, 0.25) is 0 Å². The normalized spacial score (nSPS) is 17.4. The van der Waals surface area contributed by atoms with Crippen LogP contribution in [0.15, 0.2) is 60.7 Å². The molecule has 2 N–H and O–H groups in total. The molecule has 2 amide bonds. The highest BCUT2D eigenvalue weighted by molar-refractivity contribution is 6.02. The van der Waals surface area contributed by atoms with Crippen molar-refractivity contribution in [2.24, 2.45) is 0 Å². The van der Waals surface area contributed by atoms with E-state index in [1.165, 1.54) is 6.42 Å². The van der Waals surface area contributed by atoms with E-state index in [-0.39, 0.29) is 20.0 Å². The van der Waals surface area contributed by atoms with E-state index in [0.717, 1.165) is 59.4 Å². The van der Waals surface area contributed by atoms with Gasteiger partial charge in [-0.25, -0.2) is 0 Å². The third-order valence-corrected chi connectivity index (χ3v) is 7.50. The van der Waals surface area contributed by atoms with Crippen LogP contribution in [0.3, 0.4) is 0 Å². The van der Waals surface area contributed by atoms with Crippen molar-refractivity contribution < 1.29 is 20.5 Å². The van der Waals surface area contributed by atoms with Crippen LogP contribution in [0.5, 0.6) is 11.5 Å². The lowest BCUT2D eigenvalue weighted by molar-refractivity contribution is -0.118. The molecule has 3 aromatic rings. The van der Waals surface area contributed by atoms with E-state index < -0.39 is 5.41 Å². The van der Waals surface area contributed by atoms with E-state index in [2.05, 4.69) is 10.6 Å². The van der Waals surface area contributed by atoms with Crippen molar-refractivity contribution in [1.82, 2.24) is 5.32 Å². The zero-order valence-electron chi connectivity index (χ0n) is 19.7. The molecule has 6 heteroatoms. The SMILES string of the molecule is Cc1ccc(NC(=O)C2(c3ccc4c(c3)OCO4)CC2)cc1-c1ccc(C(=O)NC2CCC2)cc1.[HH]. The quantitative estimate of drug-likeness (QED) is 0.492. The number of ether oxygens (including phenoxy) is 2. The lowest BCUT2D eigenvalue weighted by atomic mass is 9.92. The summed E-state index contributed by atoms with van der Waals surface area (Å²) in [6.45, 7) is 2.27. The number of amides is 2. The predicted octanol–water partition coefficient (Wildman–Crippen LogP) is 5.59. The molecule has 0 spiro atoms. The first kappa shape index (κ1) is 21.7. The Balaban J connectivity index is 0.00000267. The summed E-state index contributed by atoms with van der Waals surface area (Å²) in [5.74, 6) is 1.40. The lowest BCUT2D eigenvalue weighted by Gasteiger charge is -2.26. The number of hydrogen-bond donors (Lipinski definition) is 2. The van der Waals surface area contributed by atoms with Gasteiger partial charge in [-0.15, -0.1) is 0 Å². The summed E-state index contributed by atoms with van der Waals surface area (Å²) < 4.78 is 10.9.